The molecule has 0 radical (unpaired) electrons. The van der Waals surface area contributed by atoms with E-state index < -0.39 is 0 Å². The van der Waals surface area contributed by atoms with Crippen molar-refractivity contribution in [3.05, 3.63) is 89.5 Å². The van der Waals surface area contributed by atoms with Gasteiger partial charge in [0.05, 0.1) is 4.91 Å². The van der Waals surface area contributed by atoms with Gasteiger partial charge in [0, 0.05) is 35.8 Å². The number of allylic oxidation sites excluding steroid dienone is 1. The summed E-state index contributed by atoms with van der Waals surface area (Å²) >= 11 is 1.02. The average molecular weight is 403 g/mol. The molecule has 4 rings (SSSR count). The fourth-order valence-corrected chi connectivity index (χ4v) is 4.46. The van der Waals surface area contributed by atoms with E-state index in [0.717, 1.165) is 41.1 Å². The van der Waals surface area contributed by atoms with Crippen LogP contribution in [0.15, 0.2) is 78.4 Å². The Balaban J connectivity index is 1.52. The Hall–Kier alpha value is -3.05. The first-order valence-corrected chi connectivity index (χ1v) is 10.5. The molecule has 0 spiro atoms. The standard InChI is InChI=1S/C24H22N2O2S/c1-2-14-25-17-19(20-12-6-7-13-21(20)25)16-22-23(27)26(24(28)29-22)15-8-11-18-9-4-3-5-10-18/h2-7,9-10,12-13,16-17H,1,8,11,14-15H2/b22-16+. The molecule has 0 N–H and O–H groups in total. The fraction of sp³-hybridized carbons (Fsp3) is 0.167. The summed E-state index contributed by atoms with van der Waals surface area (Å²) in [6.45, 7) is 4.94. The van der Waals surface area contributed by atoms with Crippen LogP contribution in [0.3, 0.4) is 0 Å². The van der Waals surface area contributed by atoms with Crippen LogP contribution >= 0.6 is 11.8 Å². The van der Waals surface area contributed by atoms with Gasteiger partial charge >= 0.3 is 0 Å². The highest BCUT2D eigenvalue weighted by Gasteiger charge is 2.34. The van der Waals surface area contributed by atoms with Crippen LogP contribution in [0.5, 0.6) is 0 Å². The van der Waals surface area contributed by atoms with Gasteiger partial charge in [-0.15, -0.1) is 6.58 Å². The zero-order valence-electron chi connectivity index (χ0n) is 16.1. The van der Waals surface area contributed by atoms with Crippen molar-refractivity contribution in [2.24, 2.45) is 0 Å². The van der Waals surface area contributed by atoms with Crippen LogP contribution in [0, 0.1) is 0 Å². The number of carbonyl (C=O) groups is 2. The van der Waals surface area contributed by atoms with Crippen LogP contribution in [0.4, 0.5) is 4.79 Å². The molecule has 1 saturated heterocycles. The van der Waals surface area contributed by atoms with Gasteiger partial charge in [-0.2, -0.15) is 0 Å². The van der Waals surface area contributed by atoms with Crippen molar-refractivity contribution in [1.82, 2.24) is 9.47 Å². The average Bonchev–Trinajstić information content (AvgIpc) is 3.21. The Labute approximate surface area is 174 Å². The highest BCUT2D eigenvalue weighted by molar-refractivity contribution is 8.18. The van der Waals surface area contributed by atoms with Gasteiger partial charge in [0.2, 0.25) is 0 Å². The molecule has 0 saturated carbocycles. The SMILES string of the molecule is C=CCn1cc(/C=C2/SC(=O)N(CCCc3ccccc3)C2=O)c2ccccc21. The highest BCUT2D eigenvalue weighted by Crippen LogP contribution is 2.34. The number of benzene rings is 2. The molecule has 0 aliphatic carbocycles. The zero-order chi connectivity index (χ0) is 20.2. The molecule has 5 heteroatoms. The van der Waals surface area contributed by atoms with Gasteiger partial charge in [-0.3, -0.25) is 14.5 Å². The lowest BCUT2D eigenvalue weighted by atomic mass is 10.1. The Morgan fingerprint density at radius 2 is 1.76 bits per heavy atom. The first kappa shape index (κ1) is 19.3. The summed E-state index contributed by atoms with van der Waals surface area (Å²) in [5.74, 6) is -0.200. The minimum Gasteiger partial charge on any atom is -0.343 e. The number of thioether (sulfide) groups is 1. The van der Waals surface area contributed by atoms with Gasteiger partial charge in [0.25, 0.3) is 11.1 Å². The zero-order valence-corrected chi connectivity index (χ0v) is 16.9. The van der Waals surface area contributed by atoms with E-state index >= 15 is 0 Å². The topological polar surface area (TPSA) is 42.3 Å². The lowest BCUT2D eigenvalue weighted by Gasteiger charge is -2.12. The van der Waals surface area contributed by atoms with E-state index in [-0.39, 0.29) is 11.1 Å². The summed E-state index contributed by atoms with van der Waals surface area (Å²) in [6.07, 6.45) is 7.29. The third-order valence-electron chi connectivity index (χ3n) is 5.00. The smallest absolute Gasteiger partial charge is 0.293 e. The lowest BCUT2D eigenvalue weighted by Crippen LogP contribution is -2.29. The van der Waals surface area contributed by atoms with Crippen molar-refractivity contribution in [3.8, 4) is 0 Å². The van der Waals surface area contributed by atoms with Gasteiger partial charge in [-0.05, 0) is 42.3 Å². The van der Waals surface area contributed by atoms with E-state index in [2.05, 4.69) is 23.3 Å². The summed E-state index contributed by atoms with van der Waals surface area (Å²) in [4.78, 5) is 27.1. The maximum absolute atomic E-state index is 12.8. The number of nitrogens with zero attached hydrogens (tertiary/aromatic N) is 2. The van der Waals surface area contributed by atoms with Crippen LogP contribution in [-0.2, 0) is 17.8 Å². The van der Waals surface area contributed by atoms with E-state index in [4.69, 9.17) is 0 Å². The minimum absolute atomic E-state index is 0.191. The molecule has 146 valence electrons. The molecule has 2 heterocycles. The number of hydrogen-bond acceptors (Lipinski definition) is 3. The van der Waals surface area contributed by atoms with E-state index in [0.29, 0.717) is 18.0 Å². The van der Waals surface area contributed by atoms with Crippen LogP contribution in [0.25, 0.3) is 17.0 Å². The number of para-hydroxylation sites is 1. The van der Waals surface area contributed by atoms with Crippen molar-refractivity contribution in [3.63, 3.8) is 0 Å². The number of aryl methyl sites for hydroxylation is 1. The molecular formula is C24H22N2O2S. The number of imide groups is 1. The second kappa shape index (κ2) is 8.53. The third-order valence-corrected chi connectivity index (χ3v) is 5.90. The fourth-order valence-electron chi connectivity index (χ4n) is 3.60. The third kappa shape index (κ3) is 4.05. The molecule has 2 aromatic carbocycles. The van der Waals surface area contributed by atoms with E-state index in [1.807, 2.05) is 60.8 Å². The maximum atomic E-state index is 12.8. The molecular weight excluding hydrogens is 380 g/mol. The predicted octanol–water partition coefficient (Wildman–Crippen LogP) is 5.50. The summed E-state index contributed by atoms with van der Waals surface area (Å²) in [5, 5.41) is 0.870. The summed E-state index contributed by atoms with van der Waals surface area (Å²) in [5.41, 5.74) is 3.24. The van der Waals surface area contributed by atoms with Gasteiger partial charge in [0.1, 0.15) is 0 Å². The minimum atomic E-state index is -0.200. The molecule has 4 nitrogen and oxygen atoms in total. The molecule has 1 aliphatic heterocycles. The molecule has 0 bridgehead atoms. The molecule has 1 fully saturated rings. The second-order valence-electron chi connectivity index (χ2n) is 6.97. The van der Waals surface area contributed by atoms with Crippen molar-refractivity contribution in [1.29, 1.82) is 0 Å². The van der Waals surface area contributed by atoms with Gasteiger partial charge < -0.3 is 4.57 Å². The maximum Gasteiger partial charge on any atom is 0.293 e. The Morgan fingerprint density at radius 1 is 1.00 bits per heavy atom. The Morgan fingerprint density at radius 3 is 2.55 bits per heavy atom. The number of aromatic nitrogens is 1. The number of amides is 2. The van der Waals surface area contributed by atoms with Crippen LogP contribution in [0.2, 0.25) is 0 Å². The van der Waals surface area contributed by atoms with Crippen LogP contribution in [-0.4, -0.2) is 27.2 Å². The first-order chi connectivity index (χ1) is 14.2. The van der Waals surface area contributed by atoms with Gasteiger partial charge in [0.15, 0.2) is 0 Å². The van der Waals surface area contributed by atoms with E-state index in [9.17, 15) is 9.59 Å². The number of rotatable bonds is 7. The molecule has 29 heavy (non-hydrogen) atoms. The number of carbonyl (C=O) groups excluding carboxylic acids is 2. The van der Waals surface area contributed by atoms with Gasteiger partial charge in [-0.25, -0.2) is 0 Å². The highest BCUT2D eigenvalue weighted by atomic mass is 32.2. The molecule has 0 unspecified atom stereocenters. The summed E-state index contributed by atoms with van der Waals surface area (Å²) in [6, 6.07) is 18.2. The van der Waals surface area contributed by atoms with E-state index in [1.165, 1.54) is 10.5 Å². The predicted molar refractivity (Wildman–Crippen MR) is 120 cm³/mol. The van der Waals surface area contributed by atoms with Crippen molar-refractivity contribution < 1.29 is 9.59 Å². The van der Waals surface area contributed by atoms with Crippen molar-refractivity contribution in [2.75, 3.05) is 6.54 Å². The second-order valence-corrected chi connectivity index (χ2v) is 7.96. The largest absolute Gasteiger partial charge is 0.343 e. The number of fused-ring (bicyclic) bond motifs is 1. The van der Waals surface area contributed by atoms with E-state index in [1.54, 1.807) is 0 Å². The van der Waals surface area contributed by atoms with Gasteiger partial charge in [-0.1, -0.05) is 54.6 Å². The van der Waals surface area contributed by atoms with Crippen LogP contribution < -0.4 is 0 Å². The summed E-state index contributed by atoms with van der Waals surface area (Å²) < 4.78 is 2.10. The molecule has 0 atom stereocenters. The Kier molecular flexibility index (Phi) is 5.67. The quantitative estimate of drug-likeness (QED) is 0.387. The molecule has 2 amide bonds. The van der Waals surface area contributed by atoms with Crippen LogP contribution in [0.1, 0.15) is 17.5 Å². The number of hydrogen-bond donors (Lipinski definition) is 0. The van der Waals surface area contributed by atoms with Crippen molar-refractivity contribution in [2.45, 2.75) is 19.4 Å². The molecule has 3 aromatic rings. The Bertz CT molecular complexity index is 1100. The summed E-state index contributed by atoms with van der Waals surface area (Å²) in [7, 11) is 0. The molecule has 1 aliphatic rings. The monoisotopic (exact) mass is 402 g/mol. The first-order valence-electron chi connectivity index (χ1n) is 9.65. The normalized spacial score (nSPS) is 15.6. The molecule has 1 aromatic heterocycles. The lowest BCUT2D eigenvalue weighted by molar-refractivity contribution is -0.122. The van der Waals surface area contributed by atoms with Crippen molar-refractivity contribution >= 4 is 39.9 Å².